The number of alkyl halides is 2. The number of hydrogen-bond acceptors (Lipinski definition) is 3. The lowest BCUT2D eigenvalue weighted by molar-refractivity contribution is -0.0498. The molecule has 0 aromatic heterocycles. The number of rotatable bonds is 5. The quantitative estimate of drug-likeness (QED) is 0.887. The number of aliphatic hydroxyl groups excluding tert-OH is 1. The lowest BCUT2D eigenvalue weighted by Crippen LogP contribution is -2.14. The second-order valence-corrected chi connectivity index (χ2v) is 4.62. The number of carbonyl (C=O) groups excluding carboxylic acids is 1. The average Bonchev–Trinajstić information content (AvgIpc) is 2.47. The molecule has 0 heterocycles. The van der Waals surface area contributed by atoms with Crippen molar-refractivity contribution in [2.24, 2.45) is 0 Å². The highest BCUT2D eigenvalue weighted by molar-refractivity contribution is 6.04. The lowest BCUT2D eigenvalue weighted by atomic mass is 10.1. The van der Waals surface area contributed by atoms with Crippen molar-refractivity contribution in [2.75, 3.05) is 5.32 Å². The Morgan fingerprint density at radius 1 is 1.18 bits per heavy atom. The first kappa shape index (κ1) is 15.9. The molecule has 2 aromatic carbocycles. The van der Waals surface area contributed by atoms with Gasteiger partial charge in [0, 0.05) is 16.8 Å². The van der Waals surface area contributed by atoms with Crippen molar-refractivity contribution >= 4 is 11.6 Å². The molecular weight excluding hydrogens is 292 g/mol. The van der Waals surface area contributed by atoms with Crippen molar-refractivity contribution in [2.45, 2.75) is 19.6 Å². The van der Waals surface area contributed by atoms with Crippen LogP contribution >= 0.6 is 0 Å². The number of para-hydroxylation sites is 1. The predicted octanol–water partition coefficient (Wildman–Crippen LogP) is 3.59. The molecule has 0 fully saturated rings. The van der Waals surface area contributed by atoms with E-state index in [1.54, 1.807) is 31.2 Å². The van der Waals surface area contributed by atoms with Gasteiger partial charge < -0.3 is 15.2 Å². The summed E-state index contributed by atoms with van der Waals surface area (Å²) in [7, 11) is 0. The minimum Gasteiger partial charge on any atom is -0.435 e. The Kier molecular flexibility index (Phi) is 5.06. The van der Waals surface area contributed by atoms with E-state index >= 15 is 0 Å². The second kappa shape index (κ2) is 7.00. The zero-order valence-electron chi connectivity index (χ0n) is 11.8. The molecule has 22 heavy (non-hydrogen) atoms. The Hall–Kier alpha value is -2.47. The molecule has 0 aliphatic rings. The van der Waals surface area contributed by atoms with Crippen LogP contribution in [0.2, 0.25) is 0 Å². The molecule has 2 aromatic rings. The molecule has 0 aliphatic heterocycles. The van der Waals surface area contributed by atoms with E-state index in [2.05, 4.69) is 10.1 Å². The highest BCUT2D eigenvalue weighted by Crippen LogP contribution is 2.23. The fourth-order valence-electron chi connectivity index (χ4n) is 1.98. The largest absolute Gasteiger partial charge is 0.435 e. The van der Waals surface area contributed by atoms with Crippen molar-refractivity contribution in [1.82, 2.24) is 0 Å². The molecule has 0 bridgehead atoms. The topological polar surface area (TPSA) is 58.6 Å². The van der Waals surface area contributed by atoms with E-state index in [1.165, 1.54) is 24.3 Å². The number of hydrogen-bond donors (Lipinski definition) is 2. The maximum atomic E-state index is 12.2. The molecule has 0 radical (unpaired) electrons. The average molecular weight is 307 g/mol. The van der Waals surface area contributed by atoms with Crippen LogP contribution < -0.4 is 10.1 Å². The third kappa shape index (κ3) is 4.02. The molecule has 4 nitrogen and oxygen atoms in total. The molecule has 0 aliphatic carbocycles. The number of anilines is 1. The molecule has 116 valence electrons. The van der Waals surface area contributed by atoms with Crippen molar-refractivity contribution in [3.05, 3.63) is 59.7 Å². The van der Waals surface area contributed by atoms with Crippen LogP contribution in [-0.2, 0) is 0 Å². The second-order valence-electron chi connectivity index (χ2n) is 4.62. The van der Waals surface area contributed by atoms with Gasteiger partial charge in [-0.25, -0.2) is 0 Å². The van der Waals surface area contributed by atoms with Crippen LogP contribution in [0.25, 0.3) is 0 Å². The summed E-state index contributed by atoms with van der Waals surface area (Å²) in [6.45, 7) is -1.36. The Labute approximate surface area is 126 Å². The first-order valence-electron chi connectivity index (χ1n) is 6.60. The summed E-state index contributed by atoms with van der Waals surface area (Å²) in [6.07, 6.45) is -0.745. The van der Waals surface area contributed by atoms with Crippen LogP contribution in [0.4, 0.5) is 14.5 Å². The van der Waals surface area contributed by atoms with E-state index in [9.17, 15) is 18.7 Å². The van der Waals surface area contributed by atoms with Crippen LogP contribution in [0, 0.1) is 0 Å². The summed E-state index contributed by atoms with van der Waals surface area (Å²) in [5, 5.41) is 12.3. The van der Waals surface area contributed by atoms with Crippen LogP contribution in [0.15, 0.2) is 48.5 Å². The number of halogens is 2. The Bertz CT molecular complexity index is 659. The number of nitrogens with one attached hydrogen (secondary N) is 1. The summed E-state index contributed by atoms with van der Waals surface area (Å²) < 4.78 is 28.6. The van der Waals surface area contributed by atoms with Gasteiger partial charge in [0.05, 0.1) is 6.10 Å². The van der Waals surface area contributed by atoms with Gasteiger partial charge in [0.25, 0.3) is 5.91 Å². The summed E-state index contributed by atoms with van der Waals surface area (Å²) >= 11 is 0. The Morgan fingerprint density at radius 3 is 2.59 bits per heavy atom. The summed E-state index contributed by atoms with van der Waals surface area (Å²) in [6, 6.07) is 12.3. The monoisotopic (exact) mass is 307 g/mol. The molecule has 0 saturated heterocycles. The van der Waals surface area contributed by atoms with Gasteiger partial charge >= 0.3 is 6.61 Å². The van der Waals surface area contributed by atoms with Crippen LogP contribution in [-0.4, -0.2) is 17.6 Å². The maximum absolute atomic E-state index is 12.2. The molecular formula is C16H15F2NO3. The van der Waals surface area contributed by atoms with Crippen molar-refractivity contribution in [3.8, 4) is 5.75 Å². The third-order valence-corrected chi connectivity index (χ3v) is 2.98. The van der Waals surface area contributed by atoms with Gasteiger partial charge in [0.2, 0.25) is 0 Å². The third-order valence-electron chi connectivity index (χ3n) is 2.98. The van der Waals surface area contributed by atoms with Crippen molar-refractivity contribution in [1.29, 1.82) is 0 Å². The fourth-order valence-corrected chi connectivity index (χ4v) is 1.98. The number of aliphatic hydroxyl groups is 1. The predicted molar refractivity (Wildman–Crippen MR) is 78.1 cm³/mol. The van der Waals surface area contributed by atoms with Gasteiger partial charge in [-0.15, -0.1) is 0 Å². The van der Waals surface area contributed by atoms with E-state index in [-0.39, 0.29) is 11.3 Å². The van der Waals surface area contributed by atoms with Gasteiger partial charge in [-0.3, -0.25) is 4.79 Å². The van der Waals surface area contributed by atoms with Gasteiger partial charge in [0.1, 0.15) is 5.75 Å². The molecule has 1 unspecified atom stereocenters. The Morgan fingerprint density at radius 2 is 1.91 bits per heavy atom. The molecule has 1 atom stereocenters. The molecule has 1 amide bonds. The zero-order chi connectivity index (χ0) is 16.1. The van der Waals surface area contributed by atoms with E-state index in [4.69, 9.17) is 0 Å². The molecule has 0 spiro atoms. The standard InChI is InChI=1S/C16H15F2NO3/c1-10(20)13-7-2-3-8-14(13)19-15(21)11-5-4-6-12(9-11)22-16(17)18/h2-10,16,20H,1H3,(H,19,21). The number of carbonyl (C=O) groups is 1. The normalized spacial score (nSPS) is 12.0. The molecule has 6 heteroatoms. The minimum atomic E-state index is -2.95. The summed E-state index contributed by atoms with van der Waals surface area (Å²) in [5.41, 5.74) is 1.21. The van der Waals surface area contributed by atoms with Crippen LogP contribution in [0.1, 0.15) is 28.9 Å². The van der Waals surface area contributed by atoms with E-state index in [0.717, 1.165) is 0 Å². The fraction of sp³-hybridized carbons (Fsp3) is 0.188. The SMILES string of the molecule is CC(O)c1ccccc1NC(=O)c1cccc(OC(F)F)c1. The highest BCUT2D eigenvalue weighted by Gasteiger charge is 2.13. The van der Waals surface area contributed by atoms with Gasteiger partial charge in [-0.05, 0) is 31.2 Å². The van der Waals surface area contributed by atoms with Crippen molar-refractivity contribution in [3.63, 3.8) is 0 Å². The smallest absolute Gasteiger partial charge is 0.387 e. The van der Waals surface area contributed by atoms with Gasteiger partial charge in [-0.1, -0.05) is 24.3 Å². The minimum absolute atomic E-state index is 0.0912. The molecule has 2 rings (SSSR count). The van der Waals surface area contributed by atoms with E-state index in [1.807, 2.05) is 0 Å². The van der Waals surface area contributed by atoms with Gasteiger partial charge in [-0.2, -0.15) is 8.78 Å². The first-order valence-corrected chi connectivity index (χ1v) is 6.60. The summed E-state index contributed by atoms with van der Waals surface area (Å²) in [4.78, 5) is 12.2. The summed E-state index contributed by atoms with van der Waals surface area (Å²) in [5.74, 6) is -0.570. The first-order chi connectivity index (χ1) is 10.5. The number of amides is 1. The number of benzene rings is 2. The molecule has 2 N–H and O–H groups in total. The lowest BCUT2D eigenvalue weighted by Gasteiger charge is -2.13. The van der Waals surface area contributed by atoms with Gasteiger partial charge in [0.15, 0.2) is 0 Å². The molecule has 0 saturated carbocycles. The van der Waals surface area contributed by atoms with E-state index < -0.39 is 18.6 Å². The highest BCUT2D eigenvalue weighted by atomic mass is 19.3. The maximum Gasteiger partial charge on any atom is 0.387 e. The Balaban J connectivity index is 2.19. The zero-order valence-corrected chi connectivity index (χ0v) is 11.8. The van der Waals surface area contributed by atoms with Crippen molar-refractivity contribution < 1.29 is 23.4 Å². The van der Waals surface area contributed by atoms with Crippen LogP contribution in [0.3, 0.4) is 0 Å². The number of ether oxygens (including phenoxy) is 1. The van der Waals surface area contributed by atoms with Crippen LogP contribution in [0.5, 0.6) is 5.75 Å². The van der Waals surface area contributed by atoms with E-state index in [0.29, 0.717) is 11.3 Å².